The highest BCUT2D eigenvalue weighted by Crippen LogP contribution is 2.26. The number of halogens is 2. The molecule has 0 spiro atoms. The van der Waals surface area contributed by atoms with Gasteiger partial charge in [0, 0.05) is 5.02 Å². The third-order valence-electron chi connectivity index (χ3n) is 3.13. The van der Waals surface area contributed by atoms with E-state index in [-0.39, 0.29) is 11.6 Å². The molecule has 0 atom stereocenters. The van der Waals surface area contributed by atoms with Crippen LogP contribution in [0.15, 0.2) is 53.2 Å². The van der Waals surface area contributed by atoms with Gasteiger partial charge < -0.3 is 4.74 Å². The second kappa shape index (κ2) is 6.25. The Labute approximate surface area is 142 Å². The van der Waals surface area contributed by atoms with E-state index in [1.54, 1.807) is 48.5 Å². The first-order valence-electron chi connectivity index (χ1n) is 6.55. The number of carbonyl (C=O) groups excluding carboxylic acids is 1. The molecule has 0 amide bonds. The number of cyclic esters (lactones) is 1. The Balaban J connectivity index is 1.94. The Bertz CT molecular complexity index is 894. The molecule has 1 aliphatic heterocycles. The standard InChI is InChI=1S/C17H8Cl2N2O2/c18-12-5-6-13(14(19)8-12)16-21-15(17(22)23-16)7-10-1-3-11(9-20)4-2-10/h1-8H/b15-7-. The highest BCUT2D eigenvalue weighted by atomic mass is 35.5. The van der Waals surface area contributed by atoms with E-state index in [0.717, 1.165) is 5.56 Å². The van der Waals surface area contributed by atoms with Crippen LogP contribution in [0, 0.1) is 11.3 Å². The van der Waals surface area contributed by atoms with Gasteiger partial charge in [-0.1, -0.05) is 35.3 Å². The van der Waals surface area contributed by atoms with Gasteiger partial charge in [-0.3, -0.25) is 0 Å². The van der Waals surface area contributed by atoms with Gasteiger partial charge in [-0.25, -0.2) is 9.79 Å². The Morgan fingerprint density at radius 2 is 1.87 bits per heavy atom. The zero-order chi connectivity index (χ0) is 16.4. The number of hydrogen-bond acceptors (Lipinski definition) is 4. The molecule has 1 heterocycles. The minimum Gasteiger partial charge on any atom is -0.402 e. The first-order chi connectivity index (χ1) is 11.1. The molecule has 4 nitrogen and oxygen atoms in total. The van der Waals surface area contributed by atoms with Crippen molar-refractivity contribution in [3.8, 4) is 6.07 Å². The number of hydrogen-bond donors (Lipinski definition) is 0. The van der Waals surface area contributed by atoms with E-state index in [2.05, 4.69) is 4.99 Å². The third kappa shape index (κ3) is 3.26. The molecule has 0 saturated carbocycles. The van der Waals surface area contributed by atoms with E-state index < -0.39 is 5.97 Å². The topological polar surface area (TPSA) is 62.4 Å². The normalized spacial score (nSPS) is 15.3. The predicted molar refractivity (Wildman–Crippen MR) is 88.2 cm³/mol. The van der Waals surface area contributed by atoms with Crippen LogP contribution >= 0.6 is 23.2 Å². The summed E-state index contributed by atoms with van der Waals surface area (Å²) in [5, 5.41) is 9.61. The summed E-state index contributed by atoms with van der Waals surface area (Å²) in [4.78, 5) is 16.1. The van der Waals surface area contributed by atoms with E-state index in [9.17, 15) is 4.79 Å². The van der Waals surface area contributed by atoms with Crippen LogP contribution in [0.25, 0.3) is 6.08 Å². The molecule has 23 heavy (non-hydrogen) atoms. The molecule has 2 aromatic rings. The second-order valence-electron chi connectivity index (χ2n) is 4.69. The summed E-state index contributed by atoms with van der Waals surface area (Å²) < 4.78 is 5.16. The van der Waals surface area contributed by atoms with Crippen LogP contribution in [-0.2, 0) is 9.53 Å². The Morgan fingerprint density at radius 1 is 1.13 bits per heavy atom. The molecule has 2 aromatic carbocycles. The number of ether oxygens (including phenoxy) is 1. The van der Waals surface area contributed by atoms with E-state index in [1.165, 1.54) is 0 Å². The molecule has 0 aromatic heterocycles. The van der Waals surface area contributed by atoms with Gasteiger partial charge in [0.25, 0.3) is 0 Å². The summed E-state index contributed by atoms with van der Waals surface area (Å²) in [5.41, 5.74) is 1.94. The average molecular weight is 343 g/mol. The van der Waals surface area contributed by atoms with Gasteiger partial charge in [0.15, 0.2) is 5.70 Å². The van der Waals surface area contributed by atoms with Gasteiger partial charge in [0.05, 0.1) is 22.2 Å². The first-order valence-corrected chi connectivity index (χ1v) is 7.30. The van der Waals surface area contributed by atoms with Gasteiger partial charge in [0.1, 0.15) is 0 Å². The van der Waals surface area contributed by atoms with Gasteiger partial charge in [-0.15, -0.1) is 0 Å². The minimum absolute atomic E-state index is 0.136. The van der Waals surface area contributed by atoms with Crippen LogP contribution in [0.5, 0.6) is 0 Å². The van der Waals surface area contributed by atoms with Crippen LogP contribution in [0.1, 0.15) is 16.7 Å². The fraction of sp³-hybridized carbons (Fsp3) is 0. The average Bonchev–Trinajstić information content (AvgIpc) is 2.88. The molecule has 112 valence electrons. The quantitative estimate of drug-likeness (QED) is 0.606. The van der Waals surface area contributed by atoms with Crippen LogP contribution in [0.2, 0.25) is 10.0 Å². The molecular formula is C17H8Cl2N2O2. The molecule has 3 rings (SSSR count). The molecule has 0 saturated heterocycles. The maximum Gasteiger partial charge on any atom is 0.363 e. The summed E-state index contributed by atoms with van der Waals surface area (Å²) in [5.74, 6) is -0.424. The van der Waals surface area contributed by atoms with Crippen molar-refractivity contribution in [2.24, 2.45) is 4.99 Å². The van der Waals surface area contributed by atoms with Crippen LogP contribution in [0.4, 0.5) is 0 Å². The Kier molecular flexibility index (Phi) is 4.16. The lowest BCUT2D eigenvalue weighted by atomic mass is 10.1. The van der Waals surface area contributed by atoms with Crippen LogP contribution in [-0.4, -0.2) is 11.9 Å². The maximum atomic E-state index is 11.9. The molecule has 0 bridgehead atoms. The smallest absolute Gasteiger partial charge is 0.363 e. The number of aliphatic imine (C=N–C) groups is 1. The van der Waals surface area contributed by atoms with Crippen molar-refractivity contribution >= 4 is 41.1 Å². The fourth-order valence-corrected chi connectivity index (χ4v) is 2.49. The van der Waals surface area contributed by atoms with E-state index in [4.69, 9.17) is 33.2 Å². The van der Waals surface area contributed by atoms with Crippen molar-refractivity contribution in [2.75, 3.05) is 0 Å². The van der Waals surface area contributed by atoms with Crippen LogP contribution in [0.3, 0.4) is 0 Å². The van der Waals surface area contributed by atoms with Gasteiger partial charge in [-0.2, -0.15) is 5.26 Å². The van der Waals surface area contributed by atoms with E-state index in [1.807, 2.05) is 6.07 Å². The van der Waals surface area contributed by atoms with Gasteiger partial charge in [0.2, 0.25) is 5.90 Å². The Morgan fingerprint density at radius 3 is 2.52 bits per heavy atom. The maximum absolute atomic E-state index is 11.9. The zero-order valence-corrected chi connectivity index (χ0v) is 13.1. The molecular weight excluding hydrogens is 335 g/mol. The van der Waals surface area contributed by atoms with Gasteiger partial charge >= 0.3 is 5.97 Å². The number of nitriles is 1. The fourth-order valence-electron chi connectivity index (χ4n) is 2.00. The Hall–Kier alpha value is -2.61. The number of carbonyl (C=O) groups is 1. The number of benzene rings is 2. The molecule has 0 unspecified atom stereocenters. The lowest BCUT2D eigenvalue weighted by Crippen LogP contribution is -2.05. The van der Waals surface area contributed by atoms with Crippen molar-refractivity contribution in [1.82, 2.24) is 0 Å². The summed E-state index contributed by atoms with van der Waals surface area (Å²) in [6, 6.07) is 13.6. The highest BCUT2D eigenvalue weighted by Gasteiger charge is 2.25. The monoisotopic (exact) mass is 342 g/mol. The van der Waals surface area contributed by atoms with Crippen molar-refractivity contribution in [3.63, 3.8) is 0 Å². The predicted octanol–water partition coefficient (Wildman–Crippen LogP) is 4.21. The first kappa shape index (κ1) is 15.3. The molecule has 0 aliphatic carbocycles. The molecule has 1 aliphatic rings. The van der Waals surface area contributed by atoms with E-state index in [0.29, 0.717) is 21.2 Å². The van der Waals surface area contributed by atoms with Crippen molar-refractivity contribution in [2.45, 2.75) is 0 Å². The van der Waals surface area contributed by atoms with E-state index >= 15 is 0 Å². The number of esters is 1. The number of rotatable bonds is 2. The van der Waals surface area contributed by atoms with Gasteiger partial charge in [-0.05, 0) is 42.0 Å². The molecule has 6 heteroatoms. The molecule has 0 fully saturated rings. The van der Waals surface area contributed by atoms with Crippen molar-refractivity contribution in [1.29, 1.82) is 5.26 Å². The summed E-state index contributed by atoms with van der Waals surface area (Å²) in [6.07, 6.45) is 1.58. The third-order valence-corrected chi connectivity index (χ3v) is 3.67. The highest BCUT2D eigenvalue weighted by molar-refractivity contribution is 6.37. The molecule has 0 radical (unpaired) electrons. The second-order valence-corrected chi connectivity index (χ2v) is 5.54. The van der Waals surface area contributed by atoms with Crippen LogP contribution < -0.4 is 0 Å². The number of nitrogens with zero attached hydrogens (tertiary/aromatic N) is 2. The van der Waals surface area contributed by atoms with Crippen molar-refractivity contribution < 1.29 is 9.53 Å². The minimum atomic E-state index is -0.560. The lowest BCUT2D eigenvalue weighted by molar-refractivity contribution is -0.129. The molecule has 0 N–H and O–H groups in total. The summed E-state index contributed by atoms with van der Waals surface area (Å²) >= 11 is 11.9. The largest absolute Gasteiger partial charge is 0.402 e. The lowest BCUT2D eigenvalue weighted by Gasteiger charge is -2.02. The van der Waals surface area contributed by atoms with Crippen molar-refractivity contribution in [3.05, 3.63) is 74.9 Å². The SMILES string of the molecule is N#Cc1ccc(/C=C2\N=C(c3ccc(Cl)cc3Cl)OC2=O)cc1. The summed E-state index contributed by atoms with van der Waals surface area (Å²) in [6.45, 7) is 0. The zero-order valence-electron chi connectivity index (χ0n) is 11.6. The summed E-state index contributed by atoms with van der Waals surface area (Å²) in [7, 11) is 0.